The number of aliphatic carboxylic acids is 1. The molecule has 0 aliphatic rings. The molecule has 0 fully saturated rings. The van der Waals surface area contributed by atoms with Crippen LogP contribution in [0, 0.1) is 0 Å². The summed E-state index contributed by atoms with van der Waals surface area (Å²) in [5, 5.41) is 13.8. The van der Waals surface area contributed by atoms with E-state index in [-0.39, 0.29) is 23.8 Å². The molecule has 0 saturated heterocycles. The van der Waals surface area contributed by atoms with Crippen molar-refractivity contribution in [2.45, 2.75) is 19.4 Å². The summed E-state index contributed by atoms with van der Waals surface area (Å²) < 4.78 is 27.6. The quantitative estimate of drug-likeness (QED) is 0.664. The first-order valence-electron chi connectivity index (χ1n) is 6.25. The van der Waals surface area contributed by atoms with E-state index >= 15 is 0 Å². The minimum Gasteiger partial charge on any atom is -0.479 e. The summed E-state index contributed by atoms with van der Waals surface area (Å²) >= 11 is 0. The fourth-order valence-electron chi connectivity index (χ4n) is 1.52. The molecule has 21 heavy (non-hydrogen) atoms. The van der Waals surface area contributed by atoms with Gasteiger partial charge in [0, 0.05) is 12.3 Å². The van der Waals surface area contributed by atoms with Gasteiger partial charge in [-0.15, -0.1) is 0 Å². The van der Waals surface area contributed by atoms with E-state index in [4.69, 9.17) is 4.42 Å². The number of carboxylic acids is 1. The molecule has 1 unspecified atom stereocenters. The van der Waals surface area contributed by atoms with Gasteiger partial charge in [-0.3, -0.25) is 0 Å². The molecule has 0 aliphatic carbocycles. The molecule has 2 amide bonds. The van der Waals surface area contributed by atoms with Crippen LogP contribution in [0.2, 0.25) is 0 Å². The molecule has 3 N–H and O–H groups in total. The molecule has 1 atom stereocenters. The Morgan fingerprint density at radius 1 is 1.43 bits per heavy atom. The summed E-state index contributed by atoms with van der Waals surface area (Å²) in [6.07, 6.45) is 1.30. The average molecular weight is 318 g/mol. The van der Waals surface area contributed by atoms with Gasteiger partial charge in [0.15, 0.2) is 15.4 Å². The zero-order chi connectivity index (χ0) is 16.1. The van der Waals surface area contributed by atoms with Gasteiger partial charge in [0.1, 0.15) is 5.76 Å². The highest BCUT2D eigenvalue weighted by molar-refractivity contribution is 7.91. The summed E-state index contributed by atoms with van der Waals surface area (Å²) in [6.45, 7) is 2.68. The number of carbonyl (C=O) groups excluding carboxylic acids is 1. The van der Waals surface area contributed by atoms with E-state index in [2.05, 4.69) is 10.6 Å². The molecule has 1 rings (SSSR count). The van der Waals surface area contributed by atoms with Crippen molar-refractivity contribution < 1.29 is 27.5 Å². The predicted octanol–water partition coefficient (Wildman–Crippen LogP) is 0.313. The molecular formula is C12H18N2O6S. The molecule has 0 aliphatic heterocycles. The molecule has 0 bridgehead atoms. The van der Waals surface area contributed by atoms with Crippen LogP contribution in [-0.2, 0) is 20.2 Å². The lowest BCUT2D eigenvalue weighted by molar-refractivity contribution is -0.144. The van der Waals surface area contributed by atoms with Crippen LogP contribution in [-0.4, -0.2) is 43.6 Å². The molecule has 8 nitrogen and oxygen atoms in total. The minimum absolute atomic E-state index is 0.0183. The third-order valence-electron chi connectivity index (χ3n) is 2.94. The summed E-state index contributed by atoms with van der Waals surface area (Å²) in [7, 11) is -3.20. The number of amides is 2. The Morgan fingerprint density at radius 2 is 2.10 bits per heavy atom. The Balaban J connectivity index is 2.65. The van der Waals surface area contributed by atoms with Crippen molar-refractivity contribution in [2.24, 2.45) is 0 Å². The van der Waals surface area contributed by atoms with E-state index in [0.717, 1.165) is 0 Å². The molecule has 1 aromatic rings. The fraction of sp³-hybridized carbons (Fsp3) is 0.500. The number of carboxylic acid groups (broad SMARTS) is 1. The van der Waals surface area contributed by atoms with E-state index in [1.54, 1.807) is 0 Å². The molecule has 0 spiro atoms. The van der Waals surface area contributed by atoms with Gasteiger partial charge in [0.25, 0.3) is 0 Å². The Hall–Kier alpha value is -2.03. The van der Waals surface area contributed by atoms with Gasteiger partial charge in [-0.25, -0.2) is 18.0 Å². The Morgan fingerprint density at radius 3 is 2.57 bits per heavy atom. The van der Waals surface area contributed by atoms with Crippen molar-refractivity contribution in [1.29, 1.82) is 0 Å². The van der Waals surface area contributed by atoms with Gasteiger partial charge in [-0.1, -0.05) is 6.92 Å². The second-order valence-corrected chi connectivity index (χ2v) is 7.00. The topological polar surface area (TPSA) is 126 Å². The van der Waals surface area contributed by atoms with Crippen LogP contribution in [0.5, 0.6) is 0 Å². The third kappa shape index (κ3) is 4.48. The monoisotopic (exact) mass is 318 g/mol. The first-order chi connectivity index (χ1) is 9.71. The van der Waals surface area contributed by atoms with Gasteiger partial charge >= 0.3 is 12.0 Å². The molecule has 0 saturated carbocycles. The molecular weight excluding hydrogens is 300 g/mol. The van der Waals surface area contributed by atoms with Crippen LogP contribution in [0.25, 0.3) is 0 Å². The highest BCUT2D eigenvalue weighted by Gasteiger charge is 2.39. The number of hydrogen-bond donors (Lipinski definition) is 3. The number of rotatable bonds is 7. The highest BCUT2D eigenvalue weighted by atomic mass is 32.2. The van der Waals surface area contributed by atoms with E-state index in [1.807, 2.05) is 0 Å². The van der Waals surface area contributed by atoms with Crippen molar-refractivity contribution in [2.75, 3.05) is 18.1 Å². The van der Waals surface area contributed by atoms with Gasteiger partial charge in [0.2, 0.25) is 0 Å². The smallest absolute Gasteiger partial charge is 0.337 e. The number of sulfone groups is 1. The van der Waals surface area contributed by atoms with Crippen molar-refractivity contribution in [1.82, 2.24) is 10.6 Å². The van der Waals surface area contributed by atoms with Gasteiger partial charge in [0.05, 0.1) is 12.0 Å². The lowest BCUT2D eigenvalue weighted by Crippen LogP contribution is -2.53. The normalized spacial score (nSPS) is 14.2. The second kappa shape index (κ2) is 6.61. The number of carbonyl (C=O) groups is 2. The standard InChI is InChI=1S/C12H18N2O6S/c1-3-21(18,19)8-6-13-11(17)14-12(2,10(15)16)9-5-4-7-20-9/h4-5,7H,3,6,8H2,1-2H3,(H,15,16)(H2,13,14,17). The Labute approximate surface area is 122 Å². The molecule has 118 valence electrons. The van der Waals surface area contributed by atoms with E-state index in [0.29, 0.717) is 0 Å². The zero-order valence-electron chi connectivity index (χ0n) is 11.8. The van der Waals surface area contributed by atoms with Crippen molar-refractivity contribution >= 4 is 21.8 Å². The van der Waals surface area contributed by atoms with E-state index in [9.17, 15) is 23.1 Å². The Kier molecular flexibility index (Phi) is 5.36. The second-order valence-electron chi connectivity index (χ2n) is 4.52. The van der Waals surface area contributed by atoms with Crippen molar-refractivity contribution in [3.8, 4) is 0 Å². The van der Waals surface area contributed by atoms with Crippen molar-refractivity contribution in [3.05, 3.63) is 24.2 Å². The van der Waals surface area contributed by atoms with Crippen LogP contribution in [0.15, 0.2) is 22.8 Å². The number of urea groups is 1. The lowest BCUT2D eigenvalue weighted by atomic mass is 9.99. The maximum atomic E-state index is 11.7. The zero-order valence-corrected chi connectivity index (χ0v) is 12.6. The molecule has 0 aromatic carbocycles. The van der Waals surface area contributed by atoms with Crippen LogP contribution in [0.3, 0.4) is 0 Å². The number of nitrogens with one attached hydrogen (secondary N) is 2. The highest BCUT2D eigenvalue weighted by Crippen LogP contribution is 2.21. The maximum absolute atomic E-state index is 11.7. The van der Waals surface area contributed by atoms with Gasteiger partial charge in [-0.05, 0) is 19.1 Å². The molecule has 0 radical (unpaired) electrons. The largest absolute Gasteiger partial charge is 0.479 e. The fourth-order valence-corrected chi connectivity index (χ4v) is 2.22. The molecule has 9 heteroatoms. The summed E-state index contributed by atoms with van der Waals surface area (Å²) in [5.74, 6) is -1.46. The van der Waals surface area contributed by atoms with Gasteiger partial charge < -0.3 is 20.2 Å². The molecule has 1 heterocycles. The first kappa shape index (κ1) is 17.0. The average Bonchev–Trinajstić information content (AvgIpc) is 2.92. The summed E-state index contributed by atoms with van der Waals surface area (Å²) in [4.78, 5) is 23.0. The van der Waals surface area contributed by atoms with E-state index < -0.39 is 27.4 Å². The minimum atomic E-state index is -3.20. The first-order valence-corrected chi connectivity index (χ1v) is 8.07. The van der Waals surface area contributed by atoms with Crippen LogP contribution < -0.4 is 10.6 Å². The molecule has 1 aromatic heterocycles. The number of hydrogen-bond acceptors (Lipinski definition) is 5. The summed E-state index contributed by atoms with van der Waals surface area (Å²) in [5.41, 5.74) is -1.74. The lowest BCUT2D eigenvalue weighted by Gasteiger charge is -2.24. The van der Waals surface area contributed by atoms with Crippen LogP contribution in [0.4, 0.5) is 4.79 Å². The van der Waals surface area contributed by atoms with E-state index in [1.165, 1.54) is 32.2 Å². The predicted molar refractivity (Wildman–Crippen MR) is 74.6 cm³/mol. The third-order valence-corrected chi connectivity index (χ3v) is 4.65. The summed E-state index contributed by atoms with van der Waals surface area (Å²) in [6, 6.07) is 2.14. The maximum Gasteiger partial charge on any atom is 0.337 e. The number of furan rings is 1. The van der Waals surface area contributed by atoms with Crippen LogP contribution in [0.1, 0.15) is 19.6 Å². The van der Waals surface area contributed by atoms with Crippen molar-refractivity contribution in [3.63, 3.8) is 0 Å². The SMILES string of the molecule is CCS(=O)(=O)CCNC(=O)NC(C)(C(=O)O)c1ccco1. The van der Waals surface area contributed by atoms with Gasteiger partial charge in [-0.2, -0.15) is 0 Å². The Bertz CT molecular complexity index is 595. The van der Waals surface area contributed by atoms with Crippen LogP contribution >= 0.6 is 0 Å².